The number of hydrogen-bond donors (Lipinski definition) is 0. The first-order valence-electron chi connectivity index (χ1n) is 16.1. The molecule has 0 atom stereocenters. The zero-order chi connectivity index (χ0) is 34.4. The van der Waals surface area contributed by atoms with Crippen molar-refractivity contribution in [3.8, 4) is 34.1 Å². The monoisotopic (exact) mass is 678 g/mol. The van der Waals surface area contributed by atoms with Gasteiger partial charge in [-0.2, -0.15) is 0 Å². The molecular weight excluding hydrogens is 640 g/mol. The number of ether oxygens (including phenoxy) is 4. The molecule has 0 N–H and O–H groups in total. The minimum atomic E-state index is -0.470. The normalized spacial score (nSPS) is 10.8. The number of hydrogen-bond acceptors (Lipinski definition) is 7. The zero-order valence-corrected chi connectivity index (χ0v) is 28.5. The van der Waals surface area contributed by atoms with Gasteiger partial charge in [-0.3, -0.25) is 0 Å². The summed E-state index contributed by atoms with van der Waals surface area (Å²) < 4.78 is 43.4. The van der Waals surface area contributed by atoms with Gasteiger partial charge in [-0.15, -0.1) is 6.58 Å². The third-order valence-corrected chi connectivity index (χ3v) is 8.51. The van der Waals surface area contributed by atoms with Crippen LogP contribution in [0.1, 0.15) is 40.4 Å². The third-order valence-electron chi connectivity index (χ3n) is 7.67. The SMILES string of the molecule is C=CCc1c(Oc2ccccc2C(=O)OC)cccc1SOCCCOc1cc(OCc2ccccc2)c(-c2ccc(F)cc2)cc1CC. The Kier molecular flexibility index (Phi) is 12.9. The van der Waals surface area contributed by atoms with E-state index in [9.17, 15) is 9.18 Å². The van der Waals surface area contributed by atoms with E-state index in [0.29, 0.717) is 55.5 Å². The number of carbonyl (C=O) groups is 1. The van der Waals surface area contributed by atoms with Gasteiger partial charge in [0.25, 0.3) is 0 Å². The largest absolute Gasteiger partial charge is 0.493 e. The second kappa shape index (κ2) is 17.9. The Morgan fingerprint density at radius 1 is 0.816 bits per heavy atom. The Morgan fingerprint density at radius 3 is 2.33 bits per heavy atom. The Hall–Kier alpha value is -5.05. The predicted molar refractivity (Wildman–Crippen MR) is 192 cm³/mol. The number of allylic oxidation sites excluding steroid dienone is 1. The summed E-state index contributed by atoms with van der Waals surface area (Å²) in [5.74, 6) is 1.67. The van der Waals surface area contributed by atoms with E-state index in [0.717, 1.165) is 44.9 Å². The van der Waals surface area contributed by atoms with E-state index in [1.165, 1.54) is 31.3 Å². The first-order chi connectivity index (χ1) is 24.0. The molecule has 0 amide bonds. The molecule has 5 aromatic carbocycles. The Balaban J connectivity index is 1.23. The molecule has 0 fully saturated rings. The van der Waals surface area contributed by atoms with Crippen LogP contribution in [0.2, 0.25) is 0 Å². The molecule has 0 spiro atoms. The van der Waals surface area contributed by atoms with Gasteiger partial charge >= 0.3 is 5.97 Å². The molecule has 0 aliphatic heterocycles. The van der Waals surface area contributed by atoms with Gasteiger partial charge in [0.1, 0.15) is 41.0 Å². The molecule has 252 valence electrons. The van der Waals surface area contributed by atoms with Crippen molar-refractivity contribution in [2.45, 2.75) is 37.7 Å². The van der Waals surface area contributed by atoms with Crippen LogP contribution < -0.4 is 14.2 Å². The molecule has 0 unspecified atom stereocenters. The fourth-order valence-electron chi connectivity index (χ4n) is 5.15. The van der Waals surface area contributed by atoms with Gasteiger partial charge in [-0.25, -0.2) is 9.18 Å². The molecule has 0 saturated heterocycles. The summed E-state index contributed by atoms with van der Waals surface area (Å²) in [6, 6.07) is 33.1. The summed E-state index contributed by atoms with van der Waals surface area (Å²) in [6.07, 6.45) is 3.75. The van der Waals surface area contributed by atoms with Crippen LogP contribution in [0.15, 0.2) is 127 Å². The van der Waals surface area contributed by atoms with Crippen LogP contribution in [0.4, 0.5) is 4.39 Å². The second-order valence-corrected chi connectivity index (χ2v) is 11.9. The number of rotatable bonds is 17. The molecule has 0 aliphatic rings. The number of para-hydroxylation sites is 1. The summed E-state index contributed by atoms with van der Waals surface area (Å²) in [5, 5.41) is 0. The quantitative estimate of drug-likeness (QED) is 0.0420. The average molecular weight is 679 g/mol. The second-order valence-electron chi connectivity index (χ2n) is 11.0. The van der Waals surface area contributed by atoms with Gasteiger partial charge < -0.3 is 23.1 Å². The molecule has 5 rings (SSSR count). The van der Waals surface area contributed by atoms with Gasteiger partial charge in [-0.05, 0) is 72.0 Å². The highest BCUT2D eigenvalue weighted by atomic mass is 32.2. The van der Waals surface area contributed by atoms with Gasteiger partial charge in [0, 0.05) is 40.6 Å². The number of carbonyl (C=O) groups excluding carboxylic acids is 1. The molecule has 49 heavy (non-hydrogen) atoms. The van der Waals surface area contributed by atoms with Crippen LogP contribution in [-0.2, 0) is 28.4 Å². The van der Waals surface area contributed by atoms with E-state index in [1.807, 2.05) is 54.6 Å². The Bertz CT molecular complexity index is 1840. The van der Waals surface area contributed by atoms with E-state index in [2.05, 4.69) is 19.6 Å². The molecular formula is C41H39FO6S. The molecule has 0 radical (unpaired) electrons. The average Bonchev–Trinajstić information content (AvgIpc) is 3.14. The van der Waals surface area contributed by atoms with Crippen molar-refractivity contribution in [1.29, 1.82) is 0 Å². The van der Waals surface area contributed by atoms with Crippen LogP contribution in [0.5, 0.6) is 23.0 Å². The smallest absolute Gasteiger partial charge is 0.341 e. The maximum Gasteiger partial charge on any atom is 0.341 e. The van der Waals surface area contributed by atoms with Crippen LogP contribution in [0.25, 0.3) is 11.1 Å². The molecule has 0 saturated carbocycles. The number of esters is 1. The molecule has 5 aromatic rings. The number of aryl methyl sites for hydroxylation is 1. The summed E-state index contributed by atoms with van der Waals surface area (Å²) in [4.78, 5) is 13.2. The van der Waals surface area contributed by atoms with Crippen molar-refractivity contribution >= 4 is 18.0 Å². The number of halogens is 1. The van der Waals surface area contributed by atoms with Crippen molar-refractivity contribution in [2.24, 2.45) is 0 Å². The standard InChI is InChI=1S/C41H39FO6S/c1-4-13-33-36(48-37-17-10-9-16-34(37)41(43)44-3)18-11-19-40(33)49-47-25-12-24-45-38-27-39(46-28-29-14-7-6-8-15-29)35(26-30(38)5-2)31-20-22-32(42)23-21-31/h4,6-11,14-23,26-27H,1,5,12-13,24-25,28H2,2-3H3. The van der Waals surface area contributed by atoms with Crippen LogP contribution in [0.3, 0.4) is 0 Å². The van der Waals surface area contributed by atoms with Crippen molar-refractivity contribution in [2.75, 3.05) is 20.3 Å². The minimum absolute atomic E-state index is 0.286. The highest BCUT2D eigenvalue weighted by molar-refractivity contribution is 7.94. The number of benzene rings is 5. The van der Waals surface area contributed by atoms with Crippen LogP contribution >= 0.6 is 12.0 Å². The first-order valence-corrected chi connectivity index (χ1v) is 16.8. The van der Waals surface area contributed by atoms with Crippen LogP contribution in [0, 0.1) is 5.82 Å². The summed E-state index contributed by atoms with van der Waals surface area (Å²) >= 11 is 1.27. The lowest BCUT2D eigenvalue weighted by molar-refractivity contribution is 0.0598. The Labute approximate surface area is 291 Å². The first kappa shape index (κ1) is 35.3. The third kappa shape index (κ3) is 9.53. The van der Waals surface area contributed by atoms with Gasteiger partial charge in [0.15, 0.2) is 0 Å². The van der Waals surface area contributed by atoms with Crippen molar-refractivity contribution in [1.82, 2.24) is 0 Å². The van der Waals surface area contributed by atoms with E-state index >= 15 is 0 Å². The van der Waals surface area contributed by atoms with E-state index in [-0.39, 0.29) is 5.82 Å². The molecule has 0 aromatic heterocycles. The zero-order valence-electron chi connectivity index (χ0n) is 27.7. The van der Waals surface area contributed by atoms with E-state index in [1.54, 1.807) is 42.5 Å². The van der Waals surface area contributed by atoms with Gasteiger partial charge in [-0.1, -0.05) is 73.7 Å². The maximum absolute atomic E-state index is 13.7. The lowest BCUT2D eigenvalue weighted by Crippen LogP contribution is -2.05. The van der Waals surface area contributed by atoms with Crippen LogP contribution in [-0.4, -0.2) is 26.3 Å². The fourth-order valence-corrected chi connectivity index (χ4v) is 5.90. The van der Waals surface area contributed by atoms with Crippen molar-refractivity contribution < 1.29 is 32.3 Å². The highest BCUT2D eigenvalue weighted by Gasteiger charge is 2.17. The summed E-state index contributed by atoms with van der Waals surface area (Å²) in [7, 11) is 1.34. The topological polar surface area (TPSA) is 63.2 Å². The van der Waals surface area contributed by atoms with Gasteiger partial charge in [0.05, 0.1) is 20.3 Å². The molecule has 8 heteroatoms. The fraction of sp³-hybridized carbons (Fsp3) is 0.195. The predicted octanol–water partition coefficient (Wildman–Crippen LogP) is 10.4. The lowest BCUT2D eigenvalue weighted by atomic mass is 10.00. The molecule has 6 nitrogen and oxygen atoms in total. The molecule has 0 aliphatic carbocycles. The lowest BCUT2D eigenvalue weighted by Gasteiger charge is -2.18. The minimum Gasteiger partial charge on any atom is -0.493 e. The maximum atomic E-state index is 13.7. The van der Waals surface area contributed by atoms with E-state index < -0.39 is 5.97 Å². The Morgan fingerprint density at radius 2 is 1.57 bits per heavy atom. The summed E-state index contributed by atoms with van der Waals surface area (Å²) in [6.45, 7) is 7.26. The van der Waals surface area contributed by atoms with Crippen molar-refractivity contribution in [3.05, 3.63) is 150 Å². The number of methoxy groups -OCH3 is 1. The molecule has 0 bridgehead atoms. The molecule has 0 heterocycles. The highest BCUT2D eigenvalue weighted by Crippen LogP contribution is 2.38. The van der Waals surface area contributed by atoms with Crippen molar-refractivity contribution in [3.63, 3.8) is 0 Å². The van der Waals surface area contributed by atoms with E-state index in [4.69, 9.17) is 23.1 Å². The summed E-state index contributed by atoms with van der Waals surface area (Å²) in [5.41, 5.74) is 5.07. The van der Waals surface area contributed by atoms with Gasteiger partial charge in [0.2, 0.25) is 0 Å².